The molecule has 0 heterocycles. The normalized spacial score (nSPS) is 12.7. The summed E-state index contributed by atoms with van der Waals surface area (Å²) in [7, 11) is 5.97. The van der Waals surface area contributed by atoms with Crippen LogP contribution in [0.3, 0.4) is 0 Å². The SMILES string of the molecule is CCCCCCCCCCCCCCCCCCCCCCCCCCCCCCCCC(=O)OC(COC(=O)CCCCCCCCCCCC)COC(OCC[N+](C)(C)C)C(=O)O. The van der Waals surface area contributed by atoms with E-state index >= 15 is 0 Å². The molecule has 0 saturated heterocycles. The number of carboxylic acid groups (broad SMARTS) is 1. The number of carbonyl (C=O) groups excluding carboxylic acids is 2. The van der Waals surface area contributed by atoms with Crippen LogP contribution < -0.4 is 0 Å². The van der Waals surface area contributed by atoms with E-state index in [4.69, 9.17) is 18.9 Å². The minimum absolute atomic E-state index is 0.173. The van der Waals surface area contributed by atoms with E-state index in [-0.39, 0.29) is 38.2 Å². The van der Waals surface area contributed by atoms with Crippen LogP contribution in [-0.4, -0.2) is 87.4 Å². The molecule has 65 heavy (non-hydrogen) atoms. The van der Waals surface area contributed by atoms with Crippen molar-refractivity contribution in [2.45, 2.75) is 296 Å². The standard InChI is InChI=1S/C56H109NO8/c1-6-8-10-12-14-16-18-19-20-21-22-23-24-25-26-27-28-29-30-31-32-33-34-35-36-37-39-41-43-45-47-54(59)65-52(51-64-56(55(60)61)62-49-48-57(3,4)5)50-63-53(58)46-44-42-40-38-17-15-13-11-9-7-2/h52,56H,6-51H2,1-5H3/p+1. The Morgan fingerprint density at radius 1 is 0.400 bits per heavy atom. The van der Waals surface area contributed by atoms with Crippen molar-refractivity contribution < 1.29 is 42.9 Å². The zero-order chi connectivity index (χ0) is 47.7. The van der Waals surface area contributed by atoms with Gasteiger partial charge in [0.1, 0.15) is 13.2 Å². The first-order chi connectivity index (χ1) is 31.6. The summed E-state index contributed by atoms with van der Waals surface area (Å²) in [6, 6.07) is 0. The quantitative estimate of drug-likeness (QED) is 0.0278. The minimum atomic E-state index is -1.50. The molecule has 0 aromatic heterocycles. The van der Waals surface area contributed by atoms with Crippen LogP contribution in [0, 0.1) is 0 Å². The Labute approximate surface area is 403 Å². The Bertz CT molecular complexity index is 1030. The molecule has 0 aromatic rings. The van der Waals surface area contributed by atoms with Crippen molar-refractivity contribution in [1.29, 1.82) is 0 Å². The smallest absolute Gasteiger partial charge is 0.361 e. The van der Waals surface area contributed by atoms with Gasteiger partial charge in [-0.15, -0.1) is 0 Å². The third kappa shape index (κ3) is 50.0. The third-order valence-corrected chi connectivity index (χ3v) is 12.9. The van der Waals surface area contributed by atoms with E-state index < -0.39 is 18.4 Å². The van der Waals surface area contributed by atoms with Gasteiger partial charge in [-0.1, -0.05) is 258 Å². The average Bonchev–Trinajstić information content (AvgIpc) is 3.27. The lowest BCUT2D eigenvalue weighted by Crippen LogP contribution is -2.40. The molecule has 0 amide bonds. The molecule has 386 valence electrons. The number of rotatable bonds is 53. The highest BCUT2D eigenvalue weighted by molar-refractivity contribution is 5.71. The fourth-order valence-corrected chi connectivity index (χ4v) is 8.49. The molecule has 2 unspecified atom stereocenters. The summed E-state index contributed by atoms with van der Waals surface area (Å²) in [5.74, 6) is -1.98. The number of likely N-dealkylation sites (N-methyl/N-ethyl adjacent to an activating group) is 1. The summed E-state index contributed by atoms with van der Waals surface area (Å²) < 4.78 is 22.8. The number of hydrogen-bond donors (Lipinski definition) is 1. The second-order valence-electron chi connectivity index (χ2n) is 20.6. The number of nitrogens with zero attached hydrogens (tertiary/aromatic N) is 1. The molecule has 0 aliphatic heterocycles. The molecule has 9 heteroatoms. The first-order valence-electron chi connectivity index (χ1n) is 28.2. The molecular weight excluding hydrogens is 815 g/mol. The summed E-state index contributed by atoms with van der Waals surface area (Å²) in [5, 5.41) is 9.66. The van der Waals surface area contributed by atoms with Gasteiger partial charge < -0.3 is 28.5 Å². The lowest BCUT2D eigenvalue weighted by molar-refractivity contribution is -0.870. The van der Waals surface area contributed by atoms with E-state index in [1.807, 2.05) is 21.1 Å². The van der Waals surface area contributed by atoms with Crippen molar-refractivity contribution in [2.75, 3.05) is 47.5 Å². The summed E-state index contributed by atoms with van der Waals surface area (Å²) in [5.41, 5.74) is 0. The molecule has 0 aliphatic carbocycles. The first-order valence-corrected chi connectivity index (χ1v) is 28.2. The summed E-state index contributed by atoms with van der Waals surface area (Å²) in [6.07, 6.45) is 50.6. The maximum Gasteiger partial charge on any atom is 0.361 e. The molecule has 0 saturated carbocycles. The lowest BCUT2D eigenvalue weighted by Gasteiger charge is -2.25. The topological polar surface area (TPSA) is 108 Å². The zero-order valence-electron chi connectivity index (χ0n) is 43.9. The zero-order valence-corrected chi connectivity index (χ0v) is 43.9. The first kappa shape index (κ1) is 63.3. The summed E-state index contributed by atoms with van der Waals surface area (Å²) >= 11 is 0. The third-order valence-electron chi connectivity index (χ3n) is 12.9. The van der Waals surface area contributed by atoms with Crippen LogP contribution in [0.15, 0.2) is 0 Å². The molecule has 0 bridgehead atoms. The van der Waals surface area contributed by atoms with Crippen molar-refractivity contribution in [2.24, 2.45) is 0 Å². The van der Waals surface area contributed by atoms with Gasteiger partial charge in [0.25, 0.3) is 6.29 Å². The number of carbonyl (C=O) groups is 3. The van der Waals surface area contributed by atoms with E-state index in [2.05, 4.69) is 13.8 Å². The number of unbranched alkanes of at least 4 members (excludes halogenated alkanes) is 38. The highest BCUT2D eigenvalue weighted by Crippen LogP contribution is 2.18. The van der Waals surface area contributed by atoms with Gasteiger partial charge in [-0.05, 0) is 12.8 Å². The van der Waals surface area contributed by atoms with Gasteiger partial charge in [0.05, 0.1) is 34.4 Å². The Hall–Kier alpha value is -1.71. The van der Waals surface area contributed by atoms with Crippen LogP contribution in [0.4, 0.5) is 0 Å². The Morgan fingerprint density at radius 3 is 0.985 bits per heavy atom. The van der Waals surface area contributed by atoms with Crippen molar-refractivity contribution in [3.63, 3.8) is 0 Å². The monoisotopic (exact) mass is 925 g/mol. The maximum atomic E-state index is 12.8. The fraction of sp³-hybridized carbons (Fsp3) is 0.946. The lowest BCUT2D eigenvalue weighted by atomic mass is 10.0. The maximum absolute atomic E-state index is 12.8. The summed E-state index contributed by atoms with van der Waals surface area (Å²) in [4.78, 5) is 37.2. The number of esters is 2. The van der Waals surface area contributed by atoms with Crippen LogP contribution in [0.25, 0.3) is 0 Å². The van der Waals surface area contributed by atoms with Crippen molar-refractivity contribution in [1.82, 2.24) is 0 Å². The predicted molar refractivity (Wildman–Crippen MR) is 272 cm³/mol. The van der Waals surface area contributed by atoms with Gasteiger partial charge in [0.2, 0.25) is 0 Å². The van der Waals surface area contributed by atoms with E-state index in [1.54, 1.807) is 0 Å². The van der Waals surface area contributed by atoms with Crippen molar-refractivity contribution in [3.8, 4) is 0 Å². The molecule has 0 spiro atoms. The van der Waals surface area contributed by atoms with E-state index in [9.17, 15) is 19.5 Å². The van der Waals surface area contributed by atoms with E-state index in [0.717, 1.165) is 38.5 Å². The molecule has 0 aliphatic rings. The minimum Gasteiger partial charge on any atom is -0.477 e. The number of aliphatic carboxylic acids is 1. The second-order valence-corrected chi connectivity index (χ2v) is 20.6. The Morgan fingerprint density at radius 2 is 0.692 bits per heavy atom. The largest absolute Gasteiger partial charge is 0.477 e. The van der Waals surface area contributed by atoms with Crippen molar-refractivity contribution in [3.05, 3.63) is 0 Å². The predicted octanol–water partition coefficient (Wildman–Crippen LogP) is 16.0. The molecule has 0 radical (unpaired) electrons. The van der Waals surface area contributed by atoms with Crippen LogP contribution >= 0.6 is 0 Å². The molecule has 0 aromatic carbocycles. The van der Waals surface area contributed by atoms with E-state index in [0.29, 0.717) is 17.4 Å². The molecule has 1 N–H and O–H groups in total. The van der Waals surface area contributed by atoms with Gasteiger partial charge in [0.15, 0.2) is 6.10 Å². The van der Waals surface area contributed by atoms with Crippen molar-refractivity contribution >= 4 is 17.9 Å². The highest BCUT2D eigenvalue weighted by Gasteiger charge is 2.25. The number of ether oxygens (including phenoxy) is 4. The highest BCUT2D eigenvalue weighted by atomic mass is 16.7. The van der Waals surface area contributed by atoms with E-state index in [1.165, 1.54) is 218 Å². The number of hydrogen-bond acceptors (Lipinski definition) is 7. The molecule has 2 atom stereocenters. The molecular formula is C56H110NO8+. The molecule has 0 fully saturated rings. The van der Waals surface area contributed by atoms with Gasteiger partial charge >= 0.3 is 17.9 Å². The Kier molecular flexibility index (Phi) is 47.5. The molecule has 9 nitrogen and oxygen atoms in total. The fourth-order valence-electron chi connectivity index (χ4n) is 8.49. The number of carboxylic acids is 1. The summed E-state index contributed by atoms with van der Waals surface area (Å²) in [6.45, 7) is 4.91. The van der Waals surface area contributed by atoms with Crippen LogP contribution in [0.5, 0.6) is 0 Å². The van der Waals surface area contributed by atoms with Gasteiger partial charge in [-0.3, -0.25) is 9.59 Å². The van der Waals surface area contributed by atoms with Gasteiger partial charge in [-0.2, -0.15) is 0 Å². The van der Waals surface area contributed by atoms with Crippen LogP contribution in [-0.2, 0) is 33.3 Å². The molecule has 0 rings (SSSR count). The second kappa shape index (κ2) is 48.7. The average molecular weight is 925 g/mol. The van der Waals surface area contributed by atoms with Crippen LogP contribution in [0.2, 0.25) is 0 Å². The van der Waals surface area contributed by atoms with Crippen LogP contribution in [0.1, 0.15) is 284 Å². The number of quaternary nitrogens is 1. The van der Waals surface area contributed by atoms with Gasteiger partial charge in [-0.25, -0.2) is 4.79 Å². The Balaban J connectivity index is 4.01. The van der Waals surface area contributed by atoms with Gasteiger partial charge in [0, 0.05) is 12.8 Å².